The summed E-state index contributed by atoms with van der Waals surface area (Å²) >= 11 is 0. The van der Waals surface area contributed by atoms with Crippen molar-refractivity contribution < 1.29 is 5.11 Å². The molecule has 0 saturated heterocycles. The lowest BCUT2D eigenvalue weighted by Crippen LogP contribution is -2.19. The van der Waals surface area contributed by atoms with Crippen molar-refractivity contribution in [3.8, 4) is 5.75 Å². The first-order valence-corrected chi connectivity index (χ1v) is 6.10. The normalized spacial score (nSPS) is 10.7. The van der Waals surface area contributed by atoms with E-state index < -0.39 is 0 Å². The predicted octanol–water partition coefficient (Wildman–Crippen LogP) is 2.76. The second-order valence-corrected chi connectivity index (χ2v) is 4.50. The van der Waals surface area contributed by atoms with E-state index in [2.05, 4.69) is 0 Å². The highest BCUT2D eigenvalue weighted by atomic mass is 16.3. The van der Waals surface area contributed by atoms with Gasteiger partial charge in [-0.1, -0.05) is 30.3 Å². The fourth-order valence-corrected chi connectivity index (χ4v) is 2.15. The van der Waals surface area contributed by atoms with E-state index >= 15 is 0 Å². The number of benzene rings is 2. The van der Waals surface area contributed by atoms with E-state index in [0.29, 0.717) is 6.54 Å². The molecule has 0 saturated carbocycles. The smallest absolute Gasteiger partial charge is 0.258 e. The third-order valence-electron chi connectivity index (χ3n) is 3.18. The van der Waals surface area contributed by atoms with Gasteiger partial charge in [-0.15, -0.1) is 0 Å². The van der Waals surface area contributed by atoms with Gasteiger partial charge >= 0.3 is 0 Å². The summed E-state index contributed by atoms with van der Waals surface area (Å²) in [5.41, 5.74) is 0.987. The summed E-state index contributed by atoms with van der Waals surface area (Å²) in [6.45, 7) is 0.504. The monoisotopic (exact) mass is 251 g/mol. The van der Waals surface area contributed by atoms with Crippen LogP contribution in [0.4, 0.5) is 0 Å². The van der Waals surface area contributed by atoms with Crippen molar-refractivity contribution in [3.05, 3.63) is 76.7 Å². The molecule has 3 heteroatoms. The van der Waals surface area contributed by atoms with Crippen LogP contribution >= 0.6 is 0 Å². The minimum atomic E-state index is 0.00572. The average molecular weight is 251 g/mol. The number of fused-ring (bicyclic) bond motifs is 1. The fraction of sp³-hybridized carbons (Fsp3) is 0.0625. The van der Waals surface area contributed by atoms with Crippen molar-refractivity contribution in [1.29, 1.82) is 0 Å². The lowest BCUT2D eigenvalue weighted by molar-refractivity contribution is 0.475. The van der Waals surface area contributed by atoms with Crippen molar-refractivity contribution in [1.82, 2.24) is 4.57 Å². The van der Waals surface area contributed by atoms with Gasteiger partial charge in [0.1, 0.15) is 5.75 Å². The lowest BCUT2D eigenvalue weighted by atomic mass is 10.1. The van der Waals surface area contributed by atoms with E-state index in [0.717, 1.165) is 16.3 Å². The first-order chi connectivity index (χ1) is 9.24. The van der Waals surface area contributed by atoms with Crippen LogP contribution in [0.25, 0.3) is 10.8 Å². The number of pyridine rings is 1. The van der Waals surface area contributed by atoms with Crippen molar-refractivity contribution in [2.45, 2.75) is 6.54 Å². The maximum atomic E-state index is 12.3. The maximum Gasteiger partial charge on any atom is 0.258 e. The molecule has 94 valence electrons. The third-order valence-corrected chi connectivity index (χ3v) is 3.18. The Labute approximate surface area is 110 Å². The molecule has 0 bridgehead atoms. The summed E-state index contributed by atoms with van der Waals surface area (Å²) < 4.78 is 1.68. The second-order valence-electron chi connectivity index (χ2n) is 4.50. The van der Waals surface area contributed by atoms with Crippen LogP contribution in [0, 0.1) is 0 Å². The first kappa shape index (κ1) is 11.5. The third kappa shape index (κ3) is 2.22. The van der Waals surface area contributed by atoms with Crippen LogP contribution in [0.1, 0.15) is 5.56 Å². The highest BCUT2D eigenvalue weighted by Crippen LogP contribution is 2.12. The van der Waals surface area contributed by atoms with Gasteiger partial charge in [-0.25, -0.2) is 0 Å². The van der Waals surface area contributed by atoms with Gasteiger partial charge in [-0.05, 0) is 35.2 Å². The quantitative estimate of drug-likeness (QED) is 0.761. The van der Waals surface area contributed by atoms with E-state index in [9.17, 15) is 9.90 Å². The van der Waals surface area contributed by atoms with E-state index in [4.69, 9.17) is 0 Å². The van der Waals surface area contributed by atoms with Crippen LogP contribution in [0.2, 0.25) is 0 Å². The number of phenolic OH excluding ortho intramolecular Hbond substituents is 1. The molecule has 1 aromatic heterocycles. The molecule has 0 unspecified atom stereocenters. The summed E-state index contributed by atoms with van der Waals surface area (Å²) in [6, 6.07) is 16.4. The Bertz CT molecular complexity index is 773. The molecule has 1 heterocycles. The zero-order valence-corrected chi connectivity index (χ0v) is 10.3. The summed E-state index contributed by atoms with van der Waals surface area (Å²) in [5, 5.41) is 10.9. The molecule has 0 atom stereocenters. The molecule has 1 N–H and O–H groups in total. The Kier molecular flexibility index (Phi) is 2.80. The Morgan fingerprint density at radius 1 is 0.947 bits per heavy atom. The SMILES string of the molecule is O=c1c2ccccc2ccn1Cc1ccc(O)cc1. The number of phenols is 1. The Hall–Kier alpha value is -2.55. The summed E-state index contributed by atoms with van der Waals surface area (Å²) in [5.74, 6) is 0.231. The van der Waals surface area contributed by atoms with Gasteiger partial charge in [0, 0.05) is 11.6 Å². The first-order valence-electron chi connectivity index (χ1n) is 6.10. The van der Waals surface area contributed by atoms with Crippen LogP contribution in [0.5, 0.6) is 5.75 Å². The molecule has 19 heavy (non-hydrogen) atoms. The number of aromatic hydroxyl groups is 1. The van der Waals surface area contributed by atoms with Gasteiger partial charge in [0.15, 0.2) is 0 Å². The number of hydrogen-bond donors (Lipinski definition) is 1. The van der Waals surface area contributed by atoms with E-state index in [1.807, 2.05) is 42.5 Å². The molecule has 0 amide bonds. The van der Waals surface area contributed by atoms with Gasteiger partial charge in [0.25, 0.3) is 5.56 Å². The molecule has 3 rings (SSSR count). The van der Waals surface area contributed by atoms with Gasteiger partial charge in [0.2, 0.25) is 0 Å². The molecule has 0 aliphatic heterocycles. The number of rotatable bonds is 2. The van der Waals surface area contributed by atoms with Crippen molar-refractivity contribution in [2.24, 2.45) is 0 Å². The second kappa shape index (κ2) is 4.61. The molecule has 0 aliphatic carbocycles. The van der Waals surface area contributed by atoms with Crippen LogP contribution in [-0.2, 0) is 6.54 Å². The molecular weight excluding hydrogens is 238 g/mol. The molecule has 3 nitrogen and oxygen atoms in total. The average Bonchev–Trinajstić information content (AvgIpc) is 2.45. The van der Waals surface area contributed by atoms with Gasteiger partial charge in [0.05, 0.1) is 6.54 Å². The largest absolute Gasteiger partial charge is 0.508 e. The van der Waals surface area contributed by atoms with Crippen LogP contribution < -0.4 is 5.56 Å². The van der Waals surface area contributed by atoms with Crippen molar-refractivity contribution in [2.75, 3.05) is 0 Å². The van der Waals surface area contributed by atoms with E-state index in [-0.39, 0.29) is 11.3 Å². The zero-order valence-electron chi connectivity index (χ0n) is 10.3. The molecule has 3 aromatic rings. The summed E-state index contributed by atoms with van der Waals surface area (Å²) in [4.78, 5) is 12.3. The van der Waals surface area contributed by atoms with Gasteiger partial charge < -0.3 is 9.67 Å². The highest BCUT2D eigenvalue weighted by molar-refractivity contribution is 5.81. The van der Waals surface area contributed by atoms with E-state index in [1.165, 1.54) is 0 Å². The maximum absolute atomic E-state index is 12.3. The molecule has 2 aromatic carbocycles. The van der Waals surface area contributed by atoms with Gasteiger partial charge in [-0.3, -0.25) is 4.79 Å². The minimum absolute atomic E-state index is 0.00572. The van der Waals surface area contributed by atoms with Gasteiger partial charge in [-0.2, -0.15) is 0 Å². The molecule has 0 fully saturated rings. The molecular formula is C16H13NO2. The molecule has 0 radical (unpaired) electrons. The Morgan fingerprint density at radius 2 is 1.68 bits per heavy atom. The molecule has 0 aliphatic rings. The van der Waals surface area contributed by atoms with Crippen molar-refractivity contribution in [3.63, 3.8) is 0 Å². The number of hydrogen-bond acceptors (Lipinski definition) is 2. The van der Waals surface area contributed by atoms with Crippen molar-refractivity contribution >= 4 is 10.8 Å². The zero-order chi connectivity index (χ0) is 13.2. The standard InChI is InChI=1S/C16H13NO2/c18-14-7-5-12(6-8-14)11-17-10-9-13-3-1-2-4-15(13)16(17)19/h1-10,18H,11H2. The molecule has 0 spiro atoms. The summed E-state index contributed by atoms with van der Waals surface area (Å²) in [6.07, 6.45) is 1.80. The lowest BCUT2D eigenvalue weighted by Gasteiger charge is -2.07. The van der Waals surface area contributed by atoms with E-state index in [1.54, 1.807) is 22.9 Å². The highest BCUT2D eigenvalue weighted by Gasteiger charge is 2.02. The number of nitrogens with zero attached hydrogens (tertiary/aromatic N) is 1. The Morgan fingerprint density at radius 3 is 2.47 bits per heavy atom. The number of aromatic nitrogens is 1. The summed E-state index contributed by atoms with van der Waals surface area (Å²) in [7, 11) is 0. The minimum Gasteiger partial charge on any atom is -0.508 e. The predicted molar refractivity (Wildman–Crippen MR) is 75.4 cm³/mol. The van der Waals surface area contributed by atoms with Crippen LogP contribution in [0.15, 0.2) is 65.6 Å². The van der Waals surface area contributed by atoms with Crippen LogP contribution in [0.3, 0.4) is 0 Å². The fourth-order valence-electron chi connectivity index (χ4n) is 2.15. The topological polar surface area (TPSA) is 42.2 Å². The Balaban J connectivity index is 2.04. The van der Waals surface area contributed by atoms with Crippen LogP contribution in [-0.4, -0.2) is 9.67 Å².